The van der Waals surface area contributed by atoms with E-state index >= 15 is 0 Å². The molecule has 0 N–H and O–H groups in total. The van der Waals surface area contributed by atoms with Gasteiger partial charge in [0.15, 0.2) is 17.5 Å². The summed E-state index contributed by atoms with van der Waals surface area (Å²) in [6.45, 7) is 0. The lowest BCUT2D eigenvalue weighted by atomic mass is 9.90. The van der Waals surface area contributed by atoms with Crippen molar-refractivity contribution in [2.45, 2.75) is 24.8 Å². The molecule has 3 aromatic heterocycles. The first-order valence-electron chi connectivity index (χ1n) is 23.9. The van der Waals surface area contributed by atoms with Crippen LogP contribution in [0.2, 0.25) is 0 Å². The number of benzene rings is 9. The van der Waals surface area contributed by atoms with Crippen molar-refractivity contribution in [1.29, 1.82) is 0 Å². The van der Waals surface area contributed by atoms with Gasteiger partial charge in [0.25, 0.3) is 0 Å². The summed E-state index contributed by atoms with van der Waals surface area (Å²) < 4.78 is 9.33. The number of fused-ring (bicyclic) bond motifs is 14. The van der Waals surface area contributed by atoms with Gasteiger partial charge in [-0.25, -0.2) is 15.0 Å². The van der Waals surface area contributed by atoms with Crippen LogP contribution in [0.4, 0.5) is 5.69 Å². The second kappa shape index (κ2) is 14.8. The fourth-order valence-electron chi connectivity index (χ4n) is 11.6. The van der Waals surface area contributed by atoms with Crippen molar-refractivity contribution < 1.29 is 4.42 Å². The topological polar surface area (TPSA) is 60.0 Å². The van der Waals surface area contributed by atoms with E-state index in [-0.39, 0.29) is 12.0 Å². The minimum absolute atomic E-state index is 0.227. The molecule has 2 atom stereocenters. The summed E-state index contributed by atoms with van der Waals surface area (Å²) >= 11 is 0. The van der Waals surface area contributed by atoms with Crippen molar-refractivity contribution in [1.82, 2.24) is 19.5 Å². The van der Waals surface area contributed by atoms with Gasteiger partial charge in [-0.3, -0.25) is 0 Å². The SMILES string of the molecule is C1=CCCC(N2c3ccc(-c4nc(-c5ccccc5)nc(-c5ccc6oc7c8ccccc8c(-n8c9cc%10ccccc%10cc9c9c%10ccccc%10ccc98)cc7c6c5)n4)cc3C3C=CC=CC32)=C1. The minimum atomic E-state index is 0.227. The third-order valence-electron chi connectivity index (χ3n) is 14.8. The second-order valence-corrected chi connectivity index (χ2v) is 18.6. The molecule has 6 heteroatoms. The van der Waals surface area contributed by atoms with E-state index in [0.717, 1.165) is 79.0 Å². The third-order valence-corrected chi connectivity index (χ3v) is 14.8. The molecular weight excluding hydrogens is 843 g/mol. The quantitative estimate of drug-likeness (QED) is 0.172. The summed E-state index contributed by atoms with van der Waals surface area (Å²) in [7, 11) is 0. The third kappa shape index (κ3) is 5.82. The highest BCUT2D eigenvalue weighted by molar-refractivity contribution is 6.25. The molecule has 324 valence electrons. The molecule has 0 fully saturated rings. The standard InChI is InChI=1S/C63H41N5O/c1-3-16-39(17-4-1)61-64-62(42-28-30-54-49(34-42)47-24-13-14-26-53(47)67(54)44-20-5-2-6-21-44)66-63(65-61)43-29-32-58-50(35-43)51-37-57(46-23-11-12-25-48(46)60(51)69-58)68-55-31-27-38-15-9-10-22-45(38)59(55)52-33-40-18-7-8-19-41(40)36-56(52)68/h1-5,7-20,22-37,47,53H,6,21H2. The van der Waals surface area contributed by atoms with E-state index in [0.29, 0.717) is 17.5 Å². The van der Waals surface area contributed by atoms with Gasteiger partial charge in [-0.1, -0.05) is 146 Å². The molecule has 2 aliphatic carbocycles. The van der Waals surface area contributed by atoms with Crippen LogP contribution in [-0.4, -0.2) is 25.6 Å². The van der Waals surface area contributed by atoms with Crippen LogP contribution in [-0.2, 0) is 0 Å². The Morgan fingerprint density at radius 3 is 2.01 bits per heavy atom. The van der Waals surface area contributed by atoms with E-state index in [2.05, 4.69) is 204 Å². The van der Waals surface area contributed by atoms with Crippen LogP contribution in [0.5, 0.6) is 0 Å². The van der Waals surface area contributed by atoms with Gasteiger partial charge in [0.2, 0.25) is 0 Å². The van der Waals surface area contributed by atoms with Gasteiger partial charge in [0.1, 0.15) is 11.2 Å². The molecule has 6 nitrogen and oxygen atoms in total. The van der Waals surface area contributed by atoms with E-state index in [1.807, 2.05) is 18.2 Å². The lowest BCUT2D eigenvalue weighted by molar-refractivity contribution is 0.672. The van der Waals surface area contributed by atoms with Crippen LogP contribution in [0.3, 0.4) is 0 Å². The predicted octanol–water partition coefficient (Wildman–Crippen LogP) is 16.0. The van der Waals surface area contributed by atoms with Gasteiger partial charge < -0.3 is 13.9 Å². The first kappa shape index (κ1) is 38.3. The van der Waals surface area contributed by atoms with Crippen molar-refractivity contribution in [3.05, 3.63) is 224 Å². The fraction of sp³-hybridized carbons (Fsp3) is 0.0635. The highest BCUT2D eigenvalue weighted by Gasteiger charge is 2.38. The van der Waals surface area contributed by atoms with Gasteiger partial charge in [0, 0.05) is 66.3 Å². The highest BCUT2D eigenvalue weighted by Crippen LogP contribution is 2.49. The Kier molecular flexibility index (Phi) is 8.21. The zero-order chi connectivity index (χ0) is 45.2. The van der Waals surface area contributed by atoms with E-state index in [4.69, 9.17) is 19.4 Å². The number of hydrogen-bond donors (Lipinski definition) is 0. The van der Waals surface area contributed by atoms with Gasteiger partial charge in [-0.15, -0.1) is 0 Å². The number of hydrogen-bond acceptors (Lipinski definition) is 5. The molecule has 4 heterocycles. The molecule has 3 aliphatic rings. The van der Waals surface area contributed by atoms with E-state index in [9.17, 15) is 0 Å². The number of allylic oxidation sites excluding steroid dienone is 6. The van der Waals surface area contributed by atoms with Crippen LogP contribution in [0, 0.1) is 0 Å². The maximum absolute atomic E-state index is 6.86. The van der Waals surface area contributed by atoms with Crippen molar-refractivity contribution >= 4 is 81.7 Å². The predicted molar refractivity (Wildman–Crippen MR) is 284 cm³/mol. The number of furan rings is 1. The fourth-order valence-corrected chi connectivity index (χ4v) is 11.6. The van der Waals surface area contributed by atoms with Gasteiger partial charge in [-0.05, 0) is 107 Å². The maximum atomic E-state index is 6.86. The monoisotopic (exact) mass is 883 g/mol. The van der Waals surface area contributed by atoms with Crippen molar-refractivity contribution in [3.8, 4) is 39.9 Å². The lowest BCUT2D eigenvalue weighted by Gasteiger charge is -2.31. The van der Waals surface area contributed by atoms with Crippen LogP contribution < -0.4 is 4.90 Å². The number of aromatic nitrogens is 4. The second-order valence-electron chi connectivity index (χ2n) is 18.6. The molecule has 0 amide bonds. The first-order chi connectivity index (χ1) is 34.2. The molecule has 15 rings (SSSR count). The van der Waals surface area contributed by atoms with Crippen molar-refractivity contribution in [2.75, 3.05) is 4.90 Å². The van der Waals surface area contributed by atoms with Crippen LogP contribution >= 0.6 is 0 Å². The van der Waals surface area contributed by atoms with Crippen LogP contribution in [0.25, 0.3) is 116 Å². The summed E-state index contributed by atoms with van der Waals surface area (Å²) in [6, 6.07) is 61.3. The zero-order valence-electron chi connectivity index (χ0n) is 37.4. The minimum Gasteiger partial charge on any atom is -0.455 e. The molecule has 2 unspecified atom stereocenters. The van der Waals surface area contributed by atoms with Gasteiger partial charge in [0.05, 0.1) is 22.8 Å². The Hall–Kier alpha value is -8.87. The molecule has 0 radical (unpaired) electrons. The summed E-state index contributed by atoms with van der Waals surface area (Å²) in [5.41, 5.74) is 11.8. The smallest absolute Gasteiger partial charge is 0.164 e. The van der Waals surface area contributed by atoms with Crippen LogP contribution in [0.1, 0.15) is 24.3 Å². The van der Waals surface area contributed by atoms with Gasteiger partial charge in [-0.2, -0.15) is 0 Å². The van der Waals surface area contributed by atoms with Crippen molar-refractivity contribution in [3.63, 3.8) is 0 Å². The lowest BCUT2D eigenvalue weighted by Crippen LogP contribution is -2.32. The molecule has 0 spiro atoms. The number of rotatable bonds is 5. The Balaban J connectivity index is 0.935. The molecule has 69 heavy (non-hydrogen) atoms. The number of nitrogens with zero attached hydrogens (tertiary/aromatic N) is 5. The summed E-state index contributed by atoms with van der Waals surface area (Å²) in [5, 5.41) is 11.6. The Bertz CT molecular complexity index is 4280. The summed E-state index contributed by atoms with van der Waals surface area (Å²) in [4.78, 5) is 18.2. The zero-order valence-corrected chi connectivity index (χ0v) is 37.4. The van der Waals surface area contributed by atoms with E-state index in [1.54, 1.807) is 0 Å². The Morgan fingerprint density at radius 1 is 0.478 bits per heavy atom. The van der Waals surface area contributed by atoms with E-state index < -0.39 is 0 Å². The average Bonchev–Trinajstić information content (AvgIpc) is 4.07. The van der Waals surface area contributed by atoms with Crippen molar-refractivity contribution in [2.24, 2.45) is 0 Å². The normalized spacial score (nSPS) is 16.5. The summed E-state index contributed by atoms with van der Waals surface area (Å²) in [5.74, 6) is 2.11. The Labute approximate surface area is 397 Å². The first-order valence-corrected chi connectivity index (χ1v) is 23.9. The molecule has 12 aromatic rings. The molecule has 0 saturated carbocycles. The average molecular weight is 884 g/mol. The maximum Gasteiger partial charge on any atom is 0.164 e. The van der Waals surface area contributed by atoms with Gasteiger partial charge >= 0.3 is 0 Å². The van der Waals surface area contributed by atoms with E-state index in [1.165, 1.54) is 49.3 Å². The molecular formula is C63H41N5O. The van der Waals surface area contributed by atoms with Crippen LogP contribution in [0.15, 0.2) is 223 Å². The molecule has 9 aromatic carbocycles. The number of anilines is 1. The largest absolute Gasteiger partial charge is 0.455 e. The highest BCUT2D eigenvalue weighted by atomic mass is 16.3. The molecule has 0 bridgehead atoms. The molecule has 1 aliphatic heterocycles. The molecule has 0 saturated heterocycles. The summed E-state index contributed by atoms with van der Waals surface area (Å²) in [6.07, 6.45) is 17.8. The Morgan fingerprint density at radius 2 is 1.19 bits per heavy atom.